The number of ether oxygens (including phenoxy) is 1. The first kappa shape index (κ1) is 26.3. The normalized spacial score (nSPS) is 10.9. The monoisotopic (exact) mass is 528 g/mol. The van der Waals surface area contributed by atoms with E-state index in [1.54, 1.807) is 25.9 Å². The van der Waals surface area contributed by atoms with Crippen molar-refractivity contribution < 1.29 is 9.53 Å². The van der Waals surface area contributed by atoms with Gasteiger partial charge in [-0.3, -0.25) is 4.79 Å². The quantitative estimate of drug-likeness (QED) is 0.152. The first-order valence-corrected chi connectivity index (χ1v) is 10.1. The van der Waals surface area contributed by atoms with E-state index in [4.69, 9.17) is 16.3 Å². The van der Waals surface area contributed by atoms with E-state index in [0.717, 1.165) is 36.9 Å². The molecule has 0 aliphatic heterocycles. The molecule has 0 aromatic heterocycles. The van der Waals surface area contributed by atoms with Crippen LogP contribution in [0.2, 0.25) is 5.02 Å². The van der Waals surface area contributed by atoms with Crippen LogP contribution in [0.1, 0.15) is 13.3 Å². The van der Waals surface area contributed by atoms with Crippen LogP contribution in [-0.2, 0) is 9.53 Å². The standard InChI is InChI=1S/C18H29ClN4O2S.HI/c1-4-25-12-5-10-20-18(22-14-17(24)23(2)3)21-11-13-26-16-8-6-15(19)7-9-16;/h6-9H,4-5,10-14H2,1-3H3,(H2,20,21,22);1H. The zero-order valence-electron chi connectivity index (χ0n) is 16.2. The molecular weight excluding hydrogens is 499 g/mol. The second kappa shape index (κ2) is 16.3. The maximum absolute atomic E-state index is 11.7. The molecule has 2 N–H and O–H groups in total. The van der Waals surface area contributed by atoms with Gasteiger partial charge >= 0.3 is 0 Å². The van der Waals surface area contributed by atoms with Crippen LogP contribution in [-0.4, -0.2) is 69.5 Å². The largest absolute Gasteiger partial charge is 0.382 e. The van der Waals surface area contributed by atoms with Crippen molar-refractivity contribution in [2.75, 3.05) is 52.7 Å². The van der Waals surface area contributed by atoms with Gasteiger partial charge < -0.3 is 20.3 Å². The van der Waals surface area contributed by atoms with Gasteiger partial charge in [0, 0.05) is 56.1 Å². The van der Waals surface area contributed by atoms with Gasteiger partial charge in [0.1, 0.15) is 6.54 Å². The summed E-state index contributed by atoms with van der Waals surface area (Å²) in [6.45, 7) is 5.01. The van der Waals surface area contributed by atoms with E-state index >= 15 is 0 Å². The number of carbonyl (C=O) groups is 1. The van der Waals surface area contributed by atoms with Crippen LogP contribution < -0.4 is 10.6 Å². The van der Waals surface area contributed by atoms with Gasteiger partial charge in [0.15, 0.2) is 5.96 Å². The van der Waals surface area contributed by atoms with Crippen LogP contribution in [0, 0.1) is 0 Å². The molecule has 1 aromatic rings. The Morgan fingerprint density at radius 3 is 2.52 bits per heavy atom. The topological polar surface area (TPSA) is 66.0 Å². The van der Waals surface area contributed by atoms with Crippen LogP contribution in [0.15, 0.2) is 34.2 Å². The Morgan fingerprint density at radius 1 is 1.22 bits per heavy atom. The lowest BCUT2D eigenvalue weighted by molar-refractivity contribution is -0.127. The SMILES string of the molecule is CCOCCCNC(=NCC(=O)N(C)C)NCCSc1ccc(Cl)cc1.I. The molecule has 0 unspecified atom stereocenters. The number of thioether (sulfide) groups is 1. The van der Waals surface area contributed by atoms with Crippen LogP contribution in [0.4, 0.5) is 0 Å². The Balaban J connectivity index is 0.00000676. The lowest BCUT2D eigenvalue weighted by Gasteiger charge is -2.14. The van der Waals surface area contributed by atoms with E-state index < -0.39 is 0 Å². The van der Waals surface area contributed by atoms with Gasteiger partial charge in [0.2, 0.25) is 5.91 Å². The molecule has 9 heteroatoms. The summed E-state index contributed by atoms with van der Waals surface area (Å²) in [4.78, 5) is 18.8. The molecule has 6 nitrogen and oxygen atoms in total. The Morgan fingerprint density at radius 2 is 1.89 bits per heavy atom. The molecule has 0 aliphatic rings. The Kier molecular flexibility index (Phi) is 15.8. The van der Waals surface area contributed by atoms with Crippen molar-refractivity contribution in [3.8, 4) is 0 Å². The van der Waals surface area contributed by atoms with Crippen molar-refractivity contribution >= 4 is 59.2 Å². The van der Waals surface area contributed by atoms with E-state index in [1.165, 1.54) is 9.80 Å². The number of hydrogen-bond donors (Lipinski definition) is 2. The zero-order valence-corrected chi connectivity index (χ0v) is 20.1. The molecule has 1 amide bonds. The van der Waals surface area contributed by atoms with E-state index in [-0.39, 0.29) is 36.4 Å². The molecule has 0 fully saturated rings. The van der Waals surface area contributed by atoms with Crippen LogP contribution in [0.25, 0.3) is 0 Å². The number of nitrogens with zero attached hydrogens (tertiary/aromatic N) is 2. The van der Waals surface area contributed by atoms with Crippen molar-refractivity contribution in [2.24, 2.45) is 4.99 Å². The molecule has 154 valence electrons. The smallest absolute Gasteiger partial charge is 0.243 e. The van der Waals surface area contributed by atoms with E-state index in [0.29, 0.717) is 12.6 Å². The van der Waals surface area contributed by atoms with Gasteiger partial charge in [0.05, 0.1) is 0 Å². The molecule has 0 aliphatic carbocycles. The summed E-state index contributed by atoms with van der Waals surface area (Å²) < 4.78 is 5.33. The lowest BCUT2D eigenvalue weighted by Crippen LogP contribution is -2.40. The minimum absolute atomic E-state index is 0. The molecule has 1 rings (SSSR count). The minimum Gasteiger partial charge on any atom is -0.382 e. The van der Waals surface area contributed by atoms with Gasteiger partial charge in [-0.2, -0.15) is 0 Å². The molecule has 0 heterocycles. The van der Waals surface area contributed by atoms with Gasteiger partial charge in [-0.1, -0.05) is 11.6 Å². The Bertz CT molecular complexity index is 559. The number of amides is 1. The maximum atomic E-state index is 11.7. The number of halogens is 2. The summed E-state index contributed by atoms with van der Waals surface area (Å²) in [5.74, 6) is 1.49. The van der Waals surface area contributed by atoms with Gasteiger partial charge in [0.25, 0.3) is 0 Å². The van der Waals surface area contributed by atoms with Crippen LogP contribution >= 0.6 is 47.3 Å². The predicted octanol–water partition coefficient (Wildman–Crippen LogP) is 3.10. The fraction of sp³-hybridized carbons (Fsp3) is 0.556. The highest BCUT2D eigenvalue weighted by atomic mass is 127. The third-order valence-electron chi connectivity index (χ3n) is 3.31. The number of hydrogen-bond acceptors (Lipinski definition) is 4. The zero-order chi connectivity index (χ0) is 19.2. The first-order chi connectivity index (χ1) is 12.5. The second-order valence-corrected chi connectivity index (χ2v) is 7.26. The van der Waals surface area contributed by atoms with E-state index in [2.05, 4.69) is 15.6 Å². The van der Waals surface area contributed by atoms with Crippen LogP contribution in [0.3, 0.4) is 0 Å². The molecular formula is C18H30ClIN4O2S. The van der Waals surface area contributed by atoms with Gasteiger partial charge in [-0.05, 0) is 37.6 Å². The molecule has 27 heavy (non-hydrogen) atoms. The molecule has 0 bridgehead atoms. The summed E-state index contributed by atoms with van der Waals surface area (Å²) in [6.07, 6.45) is 0.885. The van der Waals surface area contributed by atoms with Crippen molar-refractivity contribution in [2.45, 2.75) is 18.2 Å². The van der Waals surface area contributed by atoms with Crippen molar-refractivity contribution in [3.63, 3.8) is 0 Å². The molecule has 0 radical (unpaired) electrons. The third kappa shape index (κ3) is 13.2. The van der Waals surface area contributed by atoms with Gasteiger partial charge in [-0.25, -0.2) is 4.99 Å². The average Bonchev–Trinajstić information content (AvgIpc) is 2.63. The Labute approximate surface area is 188 Å². The highest BCUT2D eigenvalue weighted by Gasteiger charge is 2.04. The van der Waals surface area contributed by atoms with Gasteiger partial charge in [-0.15, -0.1) is 35.7 Å². The fourth-order valence-electron chi connectivity index (χ4n) is 1.86. The highest BCUT2D eigenvalue weighted by molar-refractivity contribution is 14.0. The minimum atomic E-state index is -0.0315. The summed E-state index contributed by atoms with van der Waals surface area (Å²) in [6, 6.07) is 7.78. The molecule has 0 saturated carbocycles. The number of benzene rings is 1. The number of carbonyl (C=O) groups excluding carboxylic acids is 1. The van der Waals surface area contributed by atoms with E-state index in [9.17, 15) is 4.79 Å². The fourth-order valence-corrected chi connectivity index (χ4v) is 2.75. The summed E-state index contributed by atoms with van der Waals surface area (Å²) in [7, 11) is 3.45. The van der Waals surface area contributed by atoms with E-state index in [1.807, 2.05) is 31.2 Å². The number of guanidine groups is 1. The first-order valence-electron chi connectivity index (χ1n) is 8.71. The van der Waals surface area contributed by atoms with Crippen molar-refractivity contribution in [3.05, 3.63) is 29.3 Å². The highest BCUT2D eigenvalue weighted by Crippen LogP contribution is 2.19. The number of rotatable bonds is 11. The predicted molar refractivity (Wildman–Crippen MR) is 126 cm³/mol. The number of likely N-dealkylation sites (N-methyl/N-ethyl adjacent to an activating group) is 1. The van der Waals surface area contributed by atoms with Crippen molar-refractivity contribution in [1.29, 1.82) is 0 Å². The summed E-state index contributed by atoms with van der Waals surface area (Å²) >= 11 is 7.63. The third-order valence-corrected chi connectivity index (χ3v) is 4.58. The van der Waals surface area contributed by atoms with Crippen molar-refractivity contribution in [1.82, 2.24) is 15.5 Å². The molecule has 0 atom stereocenters. The number of aliphatic imine (C=N–C) groups is 1. The summed E-state index contributed by atoms with van der Waals surface area (Å²) in [5, 5.41) is 7.25. The molecule has 0 spiro atoms. The lowest BCUT2D eigenvalue weighted by atomic mass is 10.4. The second-order valence-electron chi connectivity index (χ2n) is 5.66. The molecule has 1 aromatic carbocycles. The maximum Gasteiger partial charge on any atom is 0.243 e. The van der Waals surface area contributed by atoms with Crippen LogP contribution in [0.5, 0.6) is 0 Å². The Hall–Kier alpha value is -0.710. The molecule has 0 saturated heterocycles. The number of nitrogens with one attached hydrogen (secondary N) is 2. The average molecular weight is 529 g/mol. The summed E-state index contributed by atoms with van der Waals surface area (Å²) in [5.41, 5.74) is 0.